The van der Waals surface area contributed by atoms with E-state index in [1.54, 1.807) is 4.90 Å². The number of methoxy groups -OCH3 is 1. The van der Waals surface area contributed by atoms with Crippen molar-refractivity contribution in [1.82, 2.24) is 0 Å². The lowest BCUT2D eigenvalue weighted by molar-refractivity contribution is 0.0976. The van der Waals surface area contributed by atoms with Crippen LogP contribution in [0.25, 0.3) is 0 Å². The van der Waals surface area contributed by atoms with Crippen LogP contribution >= 0.6 is 11.6 Å². The van der Waals surface area contributed by atoms with Crippen molar-refractivity contribution in [2.24, 2.45) is 0 Å². The Kier molecular flexibility index (Phi) is 3.81. The summed E-state index contributed by atoms with van der Waals surface area (Å²) < 4.78 is 10.6. The van der Waals surface area contributed by atoms with Crippen molar-refractivity contribution in [3.8, 4) is 17.2 Å². The second-order valence-electron chi connectivity index (χ2n) is 4.78. The van der Waals surface area contributed by atoms with Gasteiger partial charge >= 0.3 is 0 Å². The molecule has 5 nitrogen and oxygen atoms in total. The molecule has 0 aliphatic carbocycles. The highest BCUT2D eigenvalue weighted by molar-refractivity contribution is 6.32. The molecule has 0 atom stereocenters. The molecule has 22 heavy (non-hydrogen) atoms. The molecule has 0 fully saturated rings. The maximum Gasteiger partial charge on any atom is 0.258 e. The predicted molar refractivity (Wildman–Crippen MR) is 83.3 cm³/mol. The van der Waals surface area contributed by atoms with E-state index < -0.39 is 0 Å². The molecule has 1 amide bonds. The summed E-state index contributed by atoms with van der Waals surface area (Å²) in [5, 5.41) is 9.84. The molecule has 0 radical (unpaired) electrons. The molecular formula is C16H14ClNO4. The standard InChI is InChI=1S/C16H14ClNO4/c1-21-14-9-10(8-11(17)15(14)19)16(20)18-6-7-22-13-5-3-2-4-12(13)18/h2-5,8-9,19H,6-7H2,1H3. The molecule has 0 aromatic heterocycles. The van der Waals surface area contributed by atoms with Crippen LogP contribution in [0, 0.1) is 0 Å². The van der Waals surface area contributed by atoms with Gasteiger partial charge in [0.05, 0.1) is 24.4 Å². The van der Waals surface area contributed by atoms with E-state index in [9.17, 15) is 9.90 Å². The quantitative estimate of drug-likeness (QED) is 0.924. The average molecular weight is 320 g/mol. The van der Waals surface area contributed by atoms with Crippen LogP contribution in [0.4, 0.5) is 5.69 Å². The SMILES string of the molecule is COc1cc(C(=O)N2CCOc3ccccc32)cc(Cl)c1O. The largest absolute Gasteiger partial charge is 0.503 e. The Labute approximate surface area is 132 Å². The van der Waals surface area contributed by atoms with Gasteiger partial charge in [-0.15, -0.1) is 0 Å². The summed E-state index contributed by atoms with van der Waals surface area (Å²) in [5.41, 5.74) is 1.05. The number of fused-ring (bicyclic) bond motifs is 1. The number of carbonyl (C=O) groups excluding carboxylic acids is 1. The van der Waals surface area contributed by atoms with Gasteiger partial charge < -0.3 is 19.5 Å². The van der Waals surface area contributed by atoms with E-state index in [-0.39, 0.29) is 22.4 Å². The summed E-state index contributed by atoms with van der Waals surface area (Å²) in [5.74, 6) is 0.426. The summed E-state index contributed by atoms with van der Waals surface area (Å²) >= 11 is 5.96. The zero-order valence-corrected chi connectivity index (χ0v) is 12.6. The van der Waals surface area contributed by atoms with Gasteiger partial charge in [0.1, 0.15) is 12.4 Å². The van der Waals surface area contributed by atoms with E-state index >= 15 is 0 Å². The van der Waals surface area contributed by atoms with Crippen molar-refractivity contribution in [1.29, 1.82) is 0 Å². The first-order valence-corrected chi connectivity index (χ1v) is 7.10. The van der Waals surface area contributed by atoms with Gasteiger partial charge in [-0.3, -0.25) is 4.79 Å². The monoisotopic (exact) mass is 319 g/mol. The van der Waals surface area contributed by atoms with Crippen molar-refractivity contribution in [2.75, 3.05) is 25.2 Å². The van der Waals surface area contributed by atoms with Crippen molar-refractivity contribution in [3.05, 3.63) is 47.0 Å². The first-order valence-electron chi connectivity index (χ1n) is 6.72. The van der Waals surface area contributed by atoms with Crippen LogP contribution < -0.4 is 14.4 Å². The number of phenols is 1. The molecule has 1 heterocycles. The molecule has 3 rings (SSSR count). The molecule has 1 N–H and O–H groups in total. The minimum atomic E-state index is -0.226. The van der Waals surface area contributed by atoms with Crippen LogP contribution in [0.5, 0.6) is 17.2 Å². The van der Waals surface area contributed by atoms with E-state index in [1.165, 1.54) is 19.2 Å². The number of rotatable bonds is 2. The summed E-state index contributed by atoms with van der Waals surface area (Å²) in [4.78, 5) is 14.4. The summed E-state index contributed by atoms with van der Waals surface area (Å²) in [6.45, 7) is 0.863. The number of ether oxygens (including phenoxy) is 2. The number of halogens is 1. The van der Waals surface area contributed by atoms with E-state index in [2.05, 4.69) is 0 Å². The Morgan fingerprint density at radius 3 is 2.91 bits per heavy atom. The third kappa shape index (κ3) is 2.44. The fourth-order valence-corrected chi connectivity index (χ4v) is 2.60. The lowest BCUT2D eigenvalue weighted by Gasteiger charge is -2.29. The maximum absolute atomic E-state index is 12.8. The minimum absolute atomic E-state index is 0.0734. The Hall–Kier alpha value is -2.40. The van der Waals surface area contributed by atoms with Gasteiger partial charge in [-0.2, -0.15) is 0 Å². The van der Waals surface area contributed by atoms with Gasteiger partial charge in [-0.25, -0.2) is 0 Å². The van der Waals surface area contributed by atoms with E-state index in [4.69, 9.17) is 21.1 Å². The molecular weight excluding hydrogens is 306 g/mol. The fourth-order valence-electron chi connectivity index (χ4n) is 2.39. The molecule has 0 bridgehead atoms. The van der Waals surface area contributed by atoms with Gasteiger partial charge in [0.25, 0.3) is 5.91 Å². The third-order valence-electron chi connectivity index (χ3n) is 3.47. The van der Waals surface area contributed by atoms with Gasteiger partial charge in [-0.05, 0) is 24.3 Å². The second-order valence-corrected chi connectivity index (χ2v) is 5.19. The van der Waals surface area contributed by atoms with Crippen LogP contribution in [0.15, 0.2) is 36.4 Å². The topological polar surface area (TPSA) is 59.0 Å². The predicted octanol–water partition coefficient (Wildman–Crippen LogP) is 3.09. The van der Waals surface area contributed by atoms with Gasteiger partial charge in [0.2, 0.25) is 0 Å². The first kappa shape index (κ1) is 14.5. The molecule has 2 aromatic rings. The van der Waals surface area contributed by atoms with Gasteiger partial charge in [0.15, 0.2) is 11.5 Å². The molecule has 114 valence electrons. The number of anilines is 1. The van der Waals surface area contributed by atoms with E-state index in [0.29, 0.717) is 30.2 Å². The molecule has 6 heteroatoms. The average Bonchev–Trinajstić information content (AvgIpc) is 2.56. The molecule has 0 saturated heterocycles. The molecule has 0 unspecified atom stereocenters. The highest BCUT2D eigenvalue weighted by atomic mass is 35.5. The zero-order chi connectivity index (χ0) is 15.7. The summed E-state index contributed by atoms with van der Waals surface area (Å²) in [6.07, 6.45) is 0. The van der Waals surface area contributed by atoms with Gasteiger partial charge in [-0.1, -0.05) is 23.7 Å². The van der Waals surface area contributed by atoms with Crippen LogP contribution in [-0.4, -0.2) is 31.3 Å². The highest BCUT2D eigenvalue weighted by Gasteiger charge is 2.25. The number of amides is 1. The number of carbonyl (C=O) groups is 1. The molecule has 0 spiro atoms. The van der Waals surface area contributed by atoms with Crippen LogP contribution in [0.1, 0.15) is 10.4 Å². The third-order valence-corrected chi connectivity index (χ3v) is 3.76. The number of para-hydroxylation sites is 2. The second kappa shape index (κ2) is 5.77. The number of benzene rings is 2. The molecule has 1 aliphatic rings. The summed E-state index contributed by atoms with van der Waals surface area (Å²) in [6, 6.07) is 10.2. The number of hydrogen-bond donors (Lipinski definition) is 1. The fraction of sp³-hybridized carbons (Fsp3) is 0.188. The van der Waals surface area contributed by atoms with Crippen LogP contribution in [0.3, 0.4) is 0 Å². The molecule has 0 saturated carbocycles. The number of aromatic hydroxyl groups is 1. The van der Waals surface area contributed by atoms with Gasteiger partial charge in [0, 0.05) is 5.56 Å². The lowest BCUT2D eigenvalue weighted by atomic mass is 10.1. The Bertz CT molecular complexity index is 732. The number of nitrogens with zero attached hydrogens (tertiary/aromatic N) is 1. The Balaban J connectivity index is 2.01. The van der Waals surface area contributed by atoms with Crippen molar-refractivity contribution in [3.63, 3.8) is 0 Å². The molecule has 1 aliphatic heterocycles. The summed E-state index contributed by atoms with van der Waals surface area (Å²) in [7, 11) is 1.41. The zero-order valence-electron chi connectivity index (χ0n) is 11.9. The van der Waals surface area contributed by atoms with Crippen molar-refractivity contribution >= 4 is 23.2 Å². The van der Waals surface area contributed by atoms with Crippen LogP contribution in [0.2, 0.25) is 5.02 Å². The minimum Gasteiger partial charge on any atom is -0.503 e. The van der Waals surface area contributed by atoms with Crippen molar-refractivity contribution < 1.29 is 19.4 Å². The maximum atomic E-state index is 12.8. The molecule has 2 aromatic carbocycles. The Morgan fingerprint density at radius 2 is 2.14 bits per heavy atom. The van der Waals surface area contributed by atoms with E-state index in [1.807, 2.05) is 24.3 Å². The van der Waals surface area contributed by atoms with Crippen molar-refractivity contribution in [2.45, 2.75) is 0 Å². The first-order chi connectivity index (χ1) is 10.6. The van der Waals surface area contributed by atoms with Crippen LogP contribution in [-0.2, 0) is 0 Å². The highest BCUT2D eigenvalue weighted by Crippen LogP contribution is 2.37. The number of hydrogen-bond acceptors (Lipinski definition) is 4. The normalized spacial score (nSPS) is 13.3. The number of phenolic OH excluding ortho intramolecular Hbond substituents is 1. The Morgan fingerprint density at radius 1 is 1.36 bits per heavy atom. The lowest BCUT2D eigenvalue weighted by Crippen LogP contribution is -2.37. The smallest absolute Gasteiger partial charge is 0.258 e. The van der Waals surface area contributed by atoms with E-state index in [0.717, 1.165) is 0 Å².